The van der Waals surface area contributed by atoms with E-state index in [-0.39, 0.29) is 17.7 Å². The summed E-state index contributed by atoms with van der Waals surface area (Å²) in [5, 5.41) is 1.14. The second-order valence-corrected chi connectivity index (χ2v) is 13.8. The van der Waals surface area contributed by atoms with Crippen molar-refractivity contribution >= 4 is 45.0 Å². The van der Waals surface area contributed by atoms with Crippen LogP contribution in [0.25, 0.3) is 22.2 Å². The molecule has 0 fully saturated rings. The van der Waals surface area contributed by atoms with Crippen molar-refractivity contribution in [2.45, 2.75) is 13.3 Å². The first-order valence-corrected chi connectivity index (χ1v) is 15.3. The number of halogens is 2. The number of aromatic amines is 1. The van der Waals surface area contributed by atoms with Gasteiger partial charge in [-0.2, -0.15) is 0 Å². The van der Waals surface area contributed by atoms with E-state index in [9.17, 15) is 22.2 Å². The molecule has 0 unspecified atom stereocenters. The van der Waals surface area contributed by atoms with Crippen molar-refractivity contribution in [2.24, 2.45) is 0 Å². The van der Waals surface area contributed by atoms with Crippen molar-refractivity contribution in [3.05, 3.63) is 77.6 Å². The van der Waals surface area contributed by atoms with Gasteiger partial charge in [0.15, 0.2) is 11.6 Å². The molecule has 0 aliphatic heterocycles. The molecular weight excluding hydrogens is 507 g/mol. The first kappa shape index (κ1) is 25.7. The molecular formula is C25H24F2N3O4PS. The number of carbonyl (C=O) groups excluding carboxylic acids is 1. The predicted octanol–water partition coefficient (Wildman–Crippen LogP) is 5.14. The molecule has 188 valence electrons. The summed E-state index contributed by atoms with van der Waals surface area (Å²) < 4.78 is 67.8. The smallest absolute Gasteiger partial charge is 0.232 e. The average molecular weight is 532 g/mol. The van der Waals surface area contributed by atoms with Crippen molar-refractivity contribution in [3.8, 4) is 11.1 Å². The van der Waals surface area contributed by atoms with Crippen LogP contribution < -0.4 is 10.0 Å². The van der Waals surface area contributed by atoms with Gasteiger partial charge in [0, 0.05) is 34.2 Å². The summed E-state index contributed by atoms with van der Waals surface area (Å²) in [6, 6.07) is 10.7. The van der Waals surface area contributed by atoms with Crippen LogP contribution in [-0.2, 0) is 14.6 Å². The summed E-state index contributed by atoms with van der Waals surface area (Å²) in [5.74, 6) is -3.51. The minimum Gasteiger partial charge on any atom is -0.345 e. The number of hydrogen-bond donors (Lipinski definition) is 2. The highest BCUT2D eigenvalue weighted by Crippen LogP contribution is 2.35. The topological polar surface area (TPSA) is 109 Å². The number of aromatic nitrogens is 2. The third-order valence-corrected chi connectivity index (χ3v) is 8.67. The molecule has 7 nitrogen and oxygen atoms in total. The van der Waals surface area contributed by atoms with Gasteiger partial charge in [0.05, 0.1) is 11.3 Å². The van der Waals surface area contributed by atoms with E-state index in [0.29, 0.717) is 16.6 Å². The Balaban J connectivity index is 1.74. The van der Waals surface area contributed by atoms with Crippen LogP contribution in [0.2, 0.25) is 0 Å². The molecule has 2 N–H and O–H groups in total. The first-order chi connectivity index (χ1) is 16.9. The van der Waals surface area contributed by atoms with Crippen molar-refractivity contribution in [1.29, 1.82) is 0 Å². The number of hydrogen-bond acceptors (Lipinski definition) is 5. The zero-order valence-corrected chi connectivity index (χ0v) is 21.5. The van der Waals surface area contributed by atoms with Gasteiger partial charge in [0.2, 0.25) is 10.0 Å². The molecule has 2 aromatic heterocycles. The Morgan fingerprint density at radius 3 is 2.39 bits per heavy atom. The van der Waals surface area contributed by atoms with Crippen molar-refractivity contribution in [3.63, 3.8) is 0 Å². The molecule has 0 saturated carbocycles. The molecule has 36 heavy (non-hydrogen) atoms. The Morgan fingerprint density at radius 2 is 1.75 bits per heavy atom. The molecule has 0 radical (unpaired) electrons. The molecule has 0 bridgehead atoms. The lowest BCUT2D eigenvalue weighted by Gasteiger charge is -2.12. The third kappa shape index (κ3) is 5.10. The minimum atomic E-state index is -3.98. The van der Waals surface area contributed by atoms with Gasteiger partial charge in [-0.05, 0) is 43.5 Å². The van der Waals surface area contributed by atoms with Crippen LogP contribution in [0.15, 0.2) is 54.9 Å². The van der Waals surface area contributed by atoms with Crippen molar-refractivity contribution < 1.29 is 26.6 Å². The SMILES string of the molecule is CCCS(=O)(=O)Nc1c(F)ccc(C(=O)c2c[nH]c3ncc(-c4ccc(P(C)(C)=O)cc4)cc23)c1F. The summed E-state index contributed by atoms with van der Waals surface area (Å²) in [7, 11) is -6.40. The Morgan fingerprint density at radius 1 is 1.06 bits per heavy atom. The van der Waals surface area contributed by atoms with Gasteiger partial charge in [-0.25, -0.2) is 22.2 Å². The highest BCUT2D eigenvalue weighted by Gasteiger charge is 2.25. The summed E-state index contributed by atoms with van der Waals surface area (Å²) >= 11 is 0. The molecule has 2 aromatic carbocycles. The number of ketones is 1. The van der Waals surface area contributed by atoms with Crippen LogP contribution in [0.4, 0.5) is 14.5 Å². The van der Waals surface area contributed by atoms with Crippen molar-refractivity contribution in [1.82, 2.24) is 9.97 Å². The number of anilines is 1. The molecule has 4 aromatic rings. The molecule has 0 aliphatic rings. The van der Waals surface area contributed by atoms with Crippen LogP contribution >= 0.6 is 7.14 Å². The van der Waals surface area contributed by atoms with E-state index in [1.807, 2.05) is 4.72 Å². The van der Waals surface area contributed by atoms with E-state index >= 15 is 4.39 Å². The Hall–Kier alpha value is -3.36. The molecule has 0 atom stereocenters. The quantitative estimate of drug-likeness (QED) is 0.242. The number of H-pyrrole nitrogens is 1. The van der Waals surface area contributed by atoms with Crippen LogP contribution in [0, 0.1) is 11.6 Å². The standard InChI is InChI=1S/C25H24F2N3O4PS/c1-4-11-36(33,34)30-23-21(26)10-9-18(22(23)27)24(31)20-14-29-25-19(20)12-16(13-28-25)15-5-7-17(8-6-15)35(2,3)32/h5-10,12-14,30H,4,11H2,1-3H3,(H,28,29). The summed E-state index contributed by atoms with van der Waals surface area (Å²) in [6.45, 7) is 4.98. The molecule has 0 amide bonds. The third-order valence-electron chi connectivity index (χ3n) is 5.66. The monoisotopic (exact) mass is 531 g/mol. The van der Waals surface area contributed by atoms with Gasteiger partial charge in [0.1, 0.15) is 24.3 Å². The Kier molecular flexibility index (Phi) is 6.86. The molecule has 4 rings (SSSR count). The maximum atomic E-state index is 15.2. The molecule has 0 spiro atoms. The fraction of sp³-hybridized carbons (Fsp3) is 0.200. The fourth-order valence-electron chi connectivity index (χ4n) is 3.80. The van der Waals surface area contributed by atoms with Gasteiger partial charge in [-0.3, -0.25) is 9.52 Å². The number of rotatable bonds is 8. The van der Waals surface area contributed by atoms with Gasteiger partial charge in [-0.1, -0.05) is 31.2 Å². The number of nitrogens with zero attached hydrogens (tertiary/aromatic N) is 1. The van der Waals surface area contributed by atoms with Gasteiger partial charge < -0.3 is 9.55 Å². The number of sulfonamides is 1. The van der Waals surface area contributed by atoms with Crippen LogP contribution in [-0.4, -0.2) is 43.3 Å². The summed E-state index contributed by atoms with van der Waals surface area (Å²) in [6.07, 6.45) is 3.24. The Labute approximate surface area is 207 Å². The molecule has 11 heteroatoms. The molecule has 2 heterocycles. The highest BCUT2D eigenvalue weighted by molar-refractivity contribution is 7.92. The van der Waals surface area contributed by atoms with E-state index < -0.39 is 45.8 Å². The van der Waals surface area contributed by atoms with Gasteiger partial charge in [0.25, 0.3) is 0 Å². The second kappa shape index (κ2) is 9.59. The zero-order chi connectivity index (χ0) is 26.3. The second-order valence-electron chi connectivity index (χ2n) is 8.75. The fourth-order valence-corrected chi connectivity index (χ4v) is 5.81. The zero-order valence-electron chi connectivity index (χ0n) is 19.8. The normalized spacial score (nSPS) is 12.1. The largest absolute Gasteiger partial charge is 0.345 e. The minimum absolute atomic E-state index is 0.0930. The summed E-state index contributed by atoms with van der Waals surface area (Å²) in [5.41, 5.74) is 0.561. The van der Waals surface area contributed by atoms with Gasteiger partial charge in [-0.15, -0.1) is 0 Å². The predicted molar refractivity (Wildman–Crippen MR) is 138 cm³/mol. The van der Waals surface area contributed by atoms with E-state index in [1.54, 1.807) is 56.8 Å². The number of nitrogens with one attached hydrogen (secondary N) is 2. The number of pyridine rings is 1. The Bertz CT molecular complexity index is 1630. The summed E-state index contributed by atoms with van der Waals surface area (Å²) in [4.78, 5) is 20.5. The maximum Gasteiger partial charge on any atom is 0.232 e. The van der Waals surface area contributed by atoms with E-state index in [2.05, 4.69) is 9.97 Å². The number of benzene rings is 2. The molecule has 0 aliphatic carbocycles. The van der Waals surface area contributed by atoms with Crippen LogP contribution in [0.5, 0.6) is 0 Å². The lowest BCUT2D eigenvalue weighted by atomic mass is 10.00. The van der Waals surface area contributed by atoms with E-state index in [1.165, 1.54) is 6.20 Å². The van der Waals surface area contributed by atoms with E-state index in [4.69, 9.17) is 0 Å². The van der Waals surface area contributed by atoms with Crippen LogP contribution in [0.1, 0.15) is 29.3 Å². The lowest BCUT2D eigenvalue weighted by molar-refractivity contribution is 0.103. The lowest BCUT2D eigenvalue weighted by Crippen LogP contribution is -2.19. The number of carbonyl (C=O) groups is 1. The average Bonchev–Trinajstić information content (AvgIpc) is 3.24. The van der Waals surface area contributed by atoms with Gasteiger partial charge >= 0.3 is 0 Å². The molecule has 0 saturated heterocycles. The highest BCUT2D eigenvalue weighted by atomic mass is 32.2. The van der Waals surface area contributed by atoms with E-state index in [0.717, 1.165) is 23.0 Å². The maximum absolute atomic E-state index is 15.2. The van der Waals surface area contributed by atoms with Crippen LogP contribution in [0.3, 0.4) is 0 Å². The first-order valence-electron chi connectivity index (χ1n) is 11.1. The number of fused-ring (bicyclic) bond motifs is 1. The van der Waals surface area contributed by atoms with Crippen molar-refractivity contribution in [2.75, 3.05) is 23.8 Å².